The smallest absolute Gasteiger partial charge is 0.348 e. The number of thiocarbonyl (C=S) groups is 1. The first-order valence-electron chi connectivity index (χ1n) is 3.07. The second-order valence-corrected chi connectivity index (χ2v) is 3.00. The largest absolute Gasteiger partial charge is 0.477 e. The zero-order valence-electron chi connectivity index (χ0n) is 6.62. The molecule has 0 amide bonds. The van der Waals surface area contributed by atoms with E-state index in [4.69, 9.17) is 34.2 Å². The molecule has 0 aromatic carbocycles. The van der Waals surface area contributed by atoms with E-state index in [1.165, 1.54) is 0 Å². The molecular weight excluding hydrogens is 251 g/mol. The van der Waals surface area contributed by atoms with Crippen LogP contribution in [0.25, 0.3) is 0 Å². The first kappa shape index (κ1) is 13.1. The maximum Gasteiger partial charge on any atom is 0.348 e. The van der Waals surface area contributed by atoms with Crippen molar-refractivity contribution in [1.82, 2.24) is 10.9 Å². The number of nitrogens with two attached hydrogens (primary N) is 1. The third-order valence-corrected chi connectivity index (χ3v) is 1.83. The average molecular weight is 257 g/mol. The van der Waals surface area contributed by atoms with Crippen LogP contribution in [0.1, 0.15) is 0 Å². The molecule has 0 spiro atoms. The van der Waals surface area contributed by atoms with Crippen LogP contribution < -0.4 is 16.7 Å². The van der Waals surface area contributed by atoms with Gasteiger partial charge in [0.25, 0.3) is 0 Å². The highest BCUT2D eigenvalue weighted by molar-refractivity contribution is 7.80. The third kappa shape index (κ3) is 4.97. The summed E-state index contributed by atoms with van der Waals surface area (Å²) in [4.78, 5) is 10.3. The van der Waals surface area contributed by atoms with Gasteiger partial charge in [-0.1, -0.05) is 23.2 Å². The van der Waals surface area contributed by atoms with Gasteiger partial charge in [-0.2, -0.15) is 5.10 Å². The quantitative estimate of drug-likeness (QED) is 0.188. The molecular formula is C5H6Cl2N4O2S. The van der Waals surface area contributed by atoms with Crippen LogP contribution >= 0.6 is 35.4 Å². The number of halogens is 2. The Morgan fingerprint density at radius 2 is 2.14 bits per heavy atom. The molecule has 5 N–H and O–H groups in total. The van der Waals surface area contributed by atoms with Gasteiger partial charge in [0.2, 0.25) is 5.11 Å². The number of hydrazine groups is 1. The Balaban J connectivity index is 4.31. The highest BCUT2D eigenvalue weighted by atomic mass is 35.5. The van der Waals surface area contributed by atoms with Gasteiger partial charge in [-0.05, 0) is 12.2 Å². The monoisotopic (exact) mass is 256 g/mol. The lowest BCUT2D eigenvalue weighted by Crippen LogP contribution is -2.37. The predicted molar refractivity (Wildman–Crippen MR) is 57.9 cm³/mol. The van der Waals surface area contributed by atoms with Crippen molar-refractivity contribution in [2.45, 2.75) is 0 Å². The fraction of sp³-hybridized carbons (Fsp3) is 0. The van der Waals surface area contributed by atoms with E-state index in [0.717, 1.165) is 6.21 Å². The second-order valence-electron chi connectivity index (χ2n) is 1.81. The number of hydrogen-bond acceptors (Lipinski definition) is 4. The van der Waals surface area contributed by atoms with Crippen molar-refractivity contribution >= 4 is 52.7 Å². The maximum absolute atomic E-state index is 10.3. The molecule has 0 atom stereocenters. The van der Waals surface area contributed by atoms with Gasteiger partial charge in [0.05, 0.1) is 11.2 Å². The maximum atomic E-state index is 10.3. The molecule has 0 saturated heterocycles. The van der Waals surface area contributed by atoms with Crippen LogP contribution in [-0.2, 0) is 4.79 Å². The van der Waals surface area contributed by atoms with Gasteiger partial charge >= 0.3 is 5.97 Å². The van der Waals surface area contributed by atoms with Crippen LogP contribution in [0, 0.1) is 0 Å². The first-order valence-corrected chi connectivity index (χ1v) is 4.23. The van der Waals surface area contributed by atoms with Crippen molar-refractivity contribution in [3.8, 4) is 0 Å². The van der Waals surface area contributed by atoms with E-state index in [2.05, 4.69) is 28.2 Å². The van der Waals surface area contributed by atoms with Crippen LogP contribution in [0.15, 0.2) is 15.2 Å². The molecule has 0 unspecified atom stereocenters. The van der Waals surface area contributed by atoms with Crippen LogP contribution in [0.4, 0.5) is 0 Å². The Morgan fingerprint density at radius 3 is 2.57 bits per heavy atom. The number of carboxylic acid groups (broad SMARTS) is 1. The van der Waals surface area contributed by atoms with Crippen molar-refractivity contribution < 1.29 is 9.90 Å². The number of rotatable bonds is 3. The van der Waals surface area contributed by atoms with Crippen LogP contribution in [0.3, 0.4) is 0 Å². The van der Waals surface area contributed by atoms with Crippen molar-refractivity contribution in [2.24, 2.45) is 10.9 Å². The molecule has 6 nitrogen and oxygen atoms in total. The zero-order valence-corrected chi connectivity index (χ0v) is 8.95. The zero-order chi connectivity index (χ0) is 11.1. The standard InChI is InChI=1S/C5H6Cl2N4O2S/c6-2(3(7)4(12)13)1-9-11-5(14)10-8/h1H,8H2,(H,12,13)(H2,10,11,14). The van der Waals surface area contributed by atoms with Gasteiger partial charge < -0.3 is 5.11 Å². The fourth-order valence-corrected chi connectivity index (χ4v) is 0.570. The van der Waals surface area contributed by atoms with Gasteiger partial charge in [-0.15, -0.1) is 0 Å². The molecule has 0 aliphatic carbocycles. The lowest BCUT2D eigenvalue weighted by atomic mass is 10.5. The van der Waals surface area contributed by atoms with Crippen LogP contribution in [0.5, 0.6) is 0 Å². The Bertz CT molecular complexity index is 304. The lowest BCUT2D eigenvalue weighted by Gasteiger charge is -1.98. The number of nitrogens with zero attached hydrogens (tertiary/aromatic N) is 1. The summed E-state index contributed by atoms with van der Waals surface area (Å²) >= 11 is 15.3. The number of aliphatic carboxylic acids is 1. The van der Waals surface area contributed by atoms with E-state index in [0.29, 0.717) is 0 Å². The Kier molecular flexibility index (Phi) is 6.13. The molecule has 0 heterocycles. The molecule has 0 fully saturated rings. The number of hydrogen-bond donors (Lipinski definition) is 4. The highest BCUT2D eigenvalue weighted by Gasteiger charge is 2.07. The van der Waals surface area contributed by atoms with E-state index < -0.39 is 11.0 Å². The second kappa shape index (κ2) is 6.55. The first-order chi connectivity index (χ1) is 6.49. The van der Waals surface area contributed by atoms with Gasteiger partial charge in [-0.25, -0.2) is 10.6 Å². The third-order valence-electron chi connectivity index (χ3n) is 0.873. The lowest BCUT2D eigenvalue weighted by molar-refractivity contribution is -0.131. The van der Waals surface area contributed by atoms with Gasteiger partial charge in [0.15, 0.2) is 0 Å². The average Bonchev–Trinajstić information content (AvgIpc) is 2.15. The molecule has 9 heteroatoms. The van der Waals surface area contributed by atoms with E-state index in [-0.39, 0.29) is 10.1 Å². The molecule has 0 saturated carbocycles. The molecule has 0 rings (SSSR count). The SMILES string of the molecule is NNC(=S)NN=CC(Cl)=C(Cl)C(=O)O. The summed E-state index contributed by atoms with van der Waals surface area (Å²) in [5, 5.41) is 11.1. The van der Waals surface area contributed by atoms with E-state index in [1.54, 1.807) is 0 Å². The van der Waals surface area contributed by atoms with Crippen molar-refractivity contribution in [3.63, 3.8) is 0 Å². The summed E-state index contributed by atoms with van der Waals surface area (Å²) in [6, 6.07) is 0. The topological polar surface area (TPSA) is 99.7 Å². The molecule has 78 valence electrons. The van der Waals surface area contributed by atoms with Crippen LogP contribution in [-0.4, -0.2) is 22.4 Å². The number of carbonyl (C=O) groups is 1. The molecule has 0 bridgehead atoms. The Hall–Kier alpha value is -0.890. The summed E-state index contributed by atoms with van der Waals surface area (Å²) in [5.74, 6) is 3.56. The number of allylic oxidation sites excluding steroid dienone is 1. The van der Waals surface area contributed by atoms with Gasteiger partial charge in [0, 0.05) is 0 Å². The molecule has 14 heavy (non-hydrogen) atoms. The minimum absolute atomic E-state index is 0.0529. The summed E-state index contributed by atoms with van der Waals surface area (Å²) < 4.78 is 0. The van der Waals surface area contributed by atoms with Crippen molar-refractivity contribution in [2.75, 3.05) is 0 Å². The fourth-order valence-electron chi connectivity index (χ4n) is 0.339. The van der Waals surface area contributed by atoms with Gasteiger partial charge in [-0.3, -0.25) is 10.9 Å². The summed E-state index contributed by atoms with van der Waals surface area (Å²) in [6.45, 7) is 0. The normalized spacial score (nSPS) is 12.2. The molecule has 0 aliphatic heterocycles. The van der Waals surface area contributed by atoms with Crippen molar-refractivity contribution in [3.05, 3.63) is 10.1 Å². The number of nitrogens with one attached hydrogen (secondary N) is 2. The predicted octanol–water partition coefficient (Wildman–Crippen LogP) is 0.0838. The minimum Gasteiger partial charge on any atom is -0.477 e. The van der Waals surface area contributed by atoms with Gasteiger partial charge in [0.1, 0.15) is 5.03 Å². The highest BCUT2D eigenvalue weighted by Crippen LogP contribution is 2.11. The Morgan fingerprint density at radius 1 is 1.57 bits per heavy atom. The molecule has 0 aromatic rings. The minimum atomic E-state index is -1.34. The molecule has 0 aliphatic rings. The number of hydrazone groups is 1. The summed E-state index contributed by atoms with van der Waals surface area (Å²) in [5.41, 5.74) is 4.34. The van der Waals surface area contributed by atoms with E-state index >= 15 is 0 Å². The van der Waals surface area contributed by atoms with E-state index in [1.807, 2.05) is 0 Å². The molecule has 0 radical (unpaired) electrons. The summed E-state index contributed by atoms with van der Waals surface area (Å²) in [7, 11) is 0. The Labute approximate surface area is 94.7 Å². The molecule has 0 aromatic heterocycles. The van der Waals surface area contributed by atoms with E-state index in [9.17, 15) is 4.79 Å². The van der Waals surface area contributed by atoms with Crippen LogP contribution in [0.2, 0.25) is 0 Å². The van der Waals surface area contributed by atoms with Crippen molar-refractivity contribution in [1.29, 1.82) is 0 Å². The summed E-state index contributed by atoms with van der Waals surface area (Å²) in [6.07, 6.45) is 0.988. The number of carboxylic acids is 1.